The molecule has 1 aromatic rings. The van der Waals surface area contributed by atoms with Crippen LogP contribution in [-0.2, 0) is 14.3 Å². The van der Waals surface area contributed by atoms with Crippen LogP contribution in [0.25, 0.3) is 0 Å². The number of benzene rings is 1. The number of hydrogen-bond acceptors (Lipinski definition) is 4. The van der Waals surface area contributed by atoms with E-state index in [1.54, 1.807) is 37.3 Å². The number of ether oxygens (including phenoxy) is 1. The number of Topliss-reactive ketones (excluding diaryl/α,β-unsaturated/α-hetero) is 2. The third kappa shape index (κ3) is 6.09. The van der Waals surface area contributed by atoms with Crippen molar-refractivity contribution in [1.82, 2.24) is 0 Å². The topological polar surface area (TPSA) is 60.4 Å². The van der Waals surface area contributed by atoms with E-state index in [2.05, 4.69) is 0 Å². The molecule has 0 fully saturated rings. The van der Waals surface area contributed by atoms with Gasteiger partial charge in [0.2, 0.25) is 0 Å². The molecular formula is C16H18O4. The van der Waals surface area contributed by atoms with E-state index in [-0.39, 0.29) is 24.4 Å². The number of esters is 1. The van der Waals surface area contributed by atoms with Crippen molar-refractivity contribution in [3.63, 3.8) is 0 Å². The van der Waals surface area contributed by atoms with Gasteiger partial charge < -0.3 is 4.74 Å². The van der Waals surface area contributed by atoms with Gasteiger partial charge in [-0.1, -0.05) is 36.4 Å². The van der Waals surface area contributed by atoms with E-state index < -0.39 is 5.97 Å². The summed E-state index contributed by atoms with van der Waals surface area (Å²) in [6.07, 6.45) is 3.46. The summed E-state index contributed by atoms with van der Waals surface area (Å²) in [5.41, 5.74) is 0.544. The van der Waals surface area contributed by atoms with Gasteiger partial charge >= 0.3 is 5.97 Å². The van der Waals surface area contributed by atoms with Gasteiger partial charge in [0.25, 0.3) is 0 Å². The van der Waals surface area contributed by atoms with Gasteiger partial charge in [0.05, 0.1) is 13.0 Å². The van der Waals surface area contributed by atoms with Crippen molar-refractivity contribution >= 4 is 17.5 Å². The highest BCUT2D eigenvalue weighted by Gasteiger charge is 2.10. The average Bonchev–Trinajstić information content (AvgIpc) is 2.45. The van der Waals surface area contributed by atoms with E-state index >= 15 is 0 Å². The summed E-state index contributed by atoms with van der Waals surface area (Å²) in [5.74, 6) is -0.724. The fourth-order valence-electron chi connectivity index (χ4n) is 1.61. The molecule has 0 saturated heterocycles. The van der Waals surface area contributed by atoms with Crippen LogP contribution in [-0.4, -0.2) is 24.1 Å². The Hall–Kier alpha value is -2.23. The molecule has 0 spiro atoms. The van der Waals surface area contributed by atoms with Crippen molar-refractivity contribution in [2.45, 2.75) is 26.2 Å². The van der Waals surface area contributed by atoms with Crippen molar-refractivity contribution in [2.24, 2.45) is 0 Å². The molecule has 0 heterocycles. The van der Waals surface area contributed by atoms with Crippen LogP contribution in [0.1, 0.15) is 36.5 Å². The predicted octanol–water partition coefficient (Wildman–Crippen LogP) is 2.73. The monoisotopic (exact) mass is 274 g/mol. The lowest BCUT2D eigenvalue weighted by Gasteiger charge is -1.99. The number of carbonyl (C=O) groups is 3. The third-order valence-corrected chi connectivity index (χ3v) is 2.58. The molecular weight excluding hydrogens is 256 g/mol. The molecule has 106 valence electrons. The van der Waals surface area contributed by atoms with Crippen LogP contribution in [0.2, 0.25) is 0 Å². The maximum absolute atomic E-state index is 11.8. The minimum Gasteiger partial charge on any atom is -0.463 e. The Bertz CT molecular complexity index is 488. The fourth-order valence-corrected chi connectivity index (χ4v) is 1.61. The van der Waals surface area contributed by atoms with Gasteiger partial charge in [0, 0.05) is 18.1 Å². The molecule has 0 bridgehead atoms. The number of ketones is 2. The molecule has 0 N–H and O–H groups in total. The van der Waals surface area contributed by atoms with Gasteiger partial charge in [-0.2, -0.15) is 0 Å². The maximum Gasteiger partial charge on any atom is 0.330 e. The molecule has 0 aliphatic heterocycles. The lowest BCUT2D eigenvalue weighted by molar-refractivity contribution is -0.137. The fraction of sp³-hybridized carbons (Fsp3) is 0.312. The Labute approximate surface area is 118 Å². The maximum atomic E-state index is 11.8. The second kappa shape index (κ2) is 8.80. The highest BCUT2D eigenvalue weighted by molar-refractivity contribution is 6.07. The van der Waals surface area contributed by atoms with Crippen molar-refractivity contribution in [3.05, 3.63) is 48.0 Å². The van der Waals surface area contributed by atoms with Crippen LogP contribution >= 0.6 is 0 Å². The van der Waals surface area contributed by atoms with E-state index in [1.165, 1.54) is 6.08 Å². The highest BCUT2D eigenvalue weighted by Crippen LogP contribution is 2.06. The summed E-state index contributed by atoms with van der Waals surface area (Å²) in [6.45, 7) is 2.05. The predicted molar refractivity (Wildman–Crippen MR) is 75.4 cm³/mol. The highest BCUT2D eigenvalue weighted by atomic mass is 16.5. The van der Waals surface area contributed by atoms with Crippen molar-refractivity contribution in [1.29, 1.82) is 0 Å². The molecule has 1 rings (SSSR count). The normalized spacial score (nSPS) is 10.4. The molecule has 1 aromatic carbocycles. The van der Waals surface area contributed by atoms with Crippen LogP contribution in [0, 0.1) is 0 Å². The summed E-state index contributed by atoms with van der Waals surface area (Å²) < 4.78 is 4.71. The minimum atomic E-state index is -0.416. The second-order valence-corrected chi connectivity index (χ2v) is 4.20. The molecule has 0 aliphatic rings. The summed E-state index contributed by atoms with van der Waals surface area (Å²) in [7, 11) is 0. The Morgan fingerprint density at radius 3 is 2.50 bits per heavy atom. The van der Waals surface area contributed by atoms with Crippen LogP contribution < -0.4 is 0 Å². The molecule has 0 unspecified atom stereocenters. The number of allylic oxidation sites excluding steroid dienone is 1. The number of rotatable bonds is 8. The first-order valence-electron chi connectivity index (χ1n) is 6.56. The van der Waals surface area contributed by atoms with E-state index in [0.717, 1.165) is 0 Å². The van der Waals surface area contributed by atoms with Crippen molar-refractivity contribution in [3.8, 4) is 0 Å². The average molecular weight is 274 g/mol. The largest absolute Gasteiger partial charge is 0.463 e. The number of hydrogen-bond donors (Lipinski definition) is 0. The number of carbonyl (C=O) groups excluding carboxylic acids is 3. The van der Waals surface area contributed by atoms with Crippen LogP contribution in [0.4, 0.5) is 0 Å². The van der Waals surface area contributed by atoms with E-state index in [9.17, 15) is 14.4 Å². The molecule has 0 aromatic heterocycles. The van der Waals surface area contributed by atoms with Gasteiger partial charge in [-0.15, -0.1) is 0 Å². The zero-order valence-electron chi connectivity index (χ0n) is 11.5. The molecule has 0 radical (unpaired) electrons. The zero-order valence-corrected chi connectivity index (χ0v) is 11.5. The van der Waals surface area contributed by atoms with E-state index in [0.29, 0.717) is 18.6 Å². The lowest BCUT2D eigenvalue weighted by Crippen LogP contribution is -2.07. The van der Waals surface area contributed by atoms with Gasteiger partial charge in [-0.25, -0.2) is 4.79 Å². The zero-order chi connectivity index (χ0) is 14.8. The molecule has 0 atom stereocenters. The lowest BCUT2D eigenvalue weighted by atomic mass is 10.0. The Morgan fingerprint density at radius 1 is 1.15 bits per heavy atom. The SMILES string of the molecule is CCOC(=O)/C=C/CCC(=O)CC(=O)c1ccccc1. The first-order chi connectivity index (χ1) is 9.63. The first kappa shape index (κ1) is 15.8. The standard InChI is InChI=1S/C16H18O4/c1-2-20-16(19)11-7-6-10-14(17)12-15(18)13-8-4-3-5-9-13/h3-5,7-9,11H,2,6,10,12H2,1H3/b11-7+. The van der Waals surface area contributed by atoms with Gasteiger partial charge in [-0.05, 0) is 13.3 Å². The van der Waals surface area contributed by atoms with Crippen LogP contribution in [0.15, 0.2) is 42.5 Å². The Morgan fingerprint density at radius 2 is 1.85 bits per heavy atom. The molecule has 0 saturated carbocycles. The Kier molecular flexibility index (Phi) is 6.96. The molecule has 20 heavy (non-hydrogen) atoms. The molecule has 4 nitrogen and oxygen atoms in total. The molecule has 0 amide bonds. The smallest absolute Gasteiger partial charge is 0.330 e. The van der Waals surface area contributed by atoms with Crippen LogP contribution in [0.3, 0.4) is 0 Å². The van der Waals surface area contributed by atoms with Crippen molar-refractivity contribution in [2.75, 3.05) is 6.61 Å². The second-order valence-electron chi connectivity index (χ2n) is 4.20. The van der Waals surface area contributed by atoms with Gasteiger partial charge in [0.1, 0.15) is 5.78 Å². The van der Waals surface area contributed by atoms with Crippen molar-refractivity contribution < 1.29 is 19.1 Å². The van der Waals surface area contributed by atoms with Gasteiger partial charge in [-0.3, -0.25) is 9.59 Å². The Balaban J connectivity index is 2.31. The summed E-state index contributed by atoms with van der Waals surface area (Å²) >= 11 is 0. The van der Waals surface area contributed by atoms with E-state index in [4.69, 9.17) is 4.74 Å². The summed E-state index contributed by atoms with van der Waals surface area (Å²) in [5, 5.41) is 0. The van der Waals surface area contributed by atoms with Gasteiger partial charge in [0.15, 0.2) is 5.78 Å². The van der Waals surface area contributed by atoms with E-state index in [1.807, 2.05) is 6.07 Å². The molecule has 4 heteroatoms. The third-order valence-electron chi connectivity index (χ3n) is 2.58. The summed E-state index contributed by atoms with van der Waals surface area (Å²) in [6, 6.07) is 8.73. The first-order valence-corrected chi connectivity index (χ1v) is 6.56. The quantitative estimate of drug-likeness (QED) is 0.316. The summed E-state index contributed by atoms with van der Waals surface area (Å²) in [4.78, 5) is 34.4. The van der Waals surface area contributed by atoms with Crippen LogP contribution in [0.5, 0.6) is 0 Å². The molecule has 0 aliphatic carbocycles. The minimum absolute atomic E-state index is 0.0999.